The average molecular weight is 730 g/mol. The van der Waals surface area contributed by atoms with Gasteiger partial charge in [-0.05, 0) is 87.3 Å². The standard InChI is InChI=1S/C39H42F3N7O4/c1-21-11-12-31(39(40,41)42)46-36(21)47-37(53)30-15-38-20-45-32(51)10-8-6-5-7-9-25-13-26(27-16-43-24(4)44-17-27)14-28-29(23(3)50)18-48(34(25)28)19-33(52)49(30)35(38)22(38)2/h11-14,16-18,22,30,35H,5-10,15,19-20H2,1-4H3,(H,45,51)(H,46,47,53)/t22?,30-,35?,38+/m0/s1. The van der Waals surface area contributed by atoms with Crippen LogP contribution >= 0.6 is 0 Å². The lowest BCUT2D eigenvalue weighted by Crippen LogP contribution is -2.47. The van der Waals surface area contributed by atoms with Gasteiger partial charge in [0.15, 0.2) is 5.78 Å². The van der Waals surface area contributed by atoms with Crippen LogP contribution in [0.3, 0.4) is 0 Å². The number of aryl methyl sites for hydroxylation is 3. The first-order chi connectivity index (χ1) is 25.2. The van der Waals surface area contributed by atoms with Gasteiger partial charge in [-0.15, -0.1) is 0 Å². The molecule has 2 N–H and O–H groups in total. The van der Waals surface area contributed by atoms with E-state index in [1.165, 1.54) is 13.0 Å². The van der Waals surface area contributed by atoms with Crippen molar-refractivity contribution in [3.8, 4) is 11.1 Å². The summed E-state index contributed by atoms with van der Waals surface area (Å²) in [6.07, 6.45) is 4.95. The van der Waals surface area contributed by atoms with Gasteiger partial charge in [0.2, 0.25) is 17.7 Å². The normalized spacial score (nSPS) is 23.7. The quantitative estimate of drug-likeness (QED) is 0.239. The van der Waals surface area contributed by atoms with Crippen molar-refractivity contribution in [3.05, 3.63) is 71.1 Å². The molecule has 2 bridgehead atoms. The second kappa shape index (κ2) is 13.7. The number of aromatic nitrogens is 4. The number of pyridine rings is 1. The monoisotopic (exact) mass is 729 g/mol. The van der Waals surface area contributed by atoms with E-state index in [4.69, 9.17) is 0 Å². The fraction of sp³-hybridized carbons (Fsp3) is 0.462. The summed E-state index contributed by atoms with van der Waals surface area (Å²) in [5, 5.41) is 6.33. The number of nitrogens with zero attached hydrogens (tertiary/aromatic N) is 5. The zero-order valence-corrected chi connectivity index (χ0v) is 30.1. The second-order valence-corrected chi connectivity index (χ2v) is 14.8. The van der Waals surface area contributed by atoms with Gasteiger partial charge < -0.3 is 20.1 Å². The highest BCUT2D eigenvalue weighted by atomic mass is 19.4. The van der Waals surface area contributed by atoms with Crippen LogP contribution in [-0.2, 0) is 33.5 Å². The first kappa shape index (κ1) is 36.2. The fourth-order valence-corrected chi connectivity index (χ4v) is 8.41. The van der Waals surface area contributed by atoms with Crippen molar-refractivity contribution in [2.75, 3.05) is 11.9 Å². The zero-order valence-electron chi connectivity index (χ0n) is 30.1. The summed E-state index contributed by atoms with van der Waals surface area (Å²) in [5.41, 5.74) is 2.38. The maximum absolute atomic E-state index is 14.6. The number of ketones is 1. The predicted molar refractivity (Wildman–Crippen MR) is 191 cm³/mol. The molecule has 3 aromatic heterocycles. The Balaban J connectivity index is 1.30. The van der Waals surface area contributed by atoms with Crippen molar-refractivity contribution >= 4 is 40.2 Å². The van der Waals surface area contributed by atoms with E-state index < -0.39 is 29.2 Å². The molecular weight excluding hydrogens is 687 g/mol. The molecule has 1 saturated carbocycles. The van der Waals surface area contributed by atoms with Crippen LogP contribution in [0.2, 0.25) is 0 Å². The Morgan fingerprint density at radius 1 is 1.00 bits per heavy atom. The maximum atomic E-state index is 14.6. The number of carbonyl (C=O) groups excluding carboxylic acids is 4. The molecule has 4 aromatic rings. The highest BCUT2D eigenvalue weighted by molar-refractivity contribution is 6.09. The number of anilines is 1. The molecule has 3 amide bonds. The third-order valence-electron chi connectivity index (χ3n) is 11.4. The van der Waals surface area contributed by atoms with Crippen LogP contribution < -0.4 is 10.6 Å². The molecule has 2 fully saturated rings. The van der Waals surface area contributed by atoms with Crippen LogP contribution in [0.25, 0.3) is 22.0 Å². The number of rotatable bonds is 4. The van der Waals surface area contributed by atoms with E-state index in [0.29, 0.717) is 41.6 Å². The number of hydrogen-bond acceptors (Lipinski definition) is 7. The van der Waals surface area contributed by atoms with Gasteiger partial charge in [-0.1, -0.05) is 25.8 Å². The smallest absolute Gasteiger partial charge is 0.355 e. The number of amides is 3. The van der Waals surface area contributed by atoms with Gasteiger partial charge in [0.1, 0.15) is 29.9 Å². The summed E-state index contributed by atoms with van der Waals surface area (Å²) in [6, 6.07) is 4.65. The minimum atomic E-state index is -4.71. The van der Waals surface area contributed by atoms with Gasteiger partial charge in [-0.25, -0.2) is 15.0 Å². The van der Waals surface area contributed by atoms with E-state index >= 15 is 0 Å². The number of Topliss-reactive ketones (excluding diaryl/α,β-unsaturated/α-hetero) is 1. The van der Waals surface area contributed by atoms with Crippen molar-refractivity contribution in [3.63, 3.8) is 0 Å². The minimum absolute atomic E-state index is 0.0489. The lowest BCUT2D eigenvalue weighted by molar-refractivity contribution is -0.141. The topological polar surface area (TPSA) is 139 Å². The van der Waals surface area contributed by atoms with E-state index in [1.54, 1.807) is 41.9 Å². The van der Waals surface area contributed by atoms with Crippen molar-refractivity contribution < 1.29 is 32.3 Å². The number of nitrogens with one attached hydrogen (secondary N) is 2. The maximum Gasteiger partial charge on any atom is 0.433 e. The number of halogens is 3. The van der Waals surface area contributed by atoms with E-state index in [0.717, 1.165) is 47.5 Å². The van der Waals surface area contributed by atoms with Crippen LogP contribution in [0, 0.1) is 25.2 Å². The van der Waals surface area contributed by atoms with Gasteiger partial charge in [0, 0.05) is 59.5 Å². The molecule has 278 valence electrons. The summed E-state index contributed by atoms with van der Waals surface area (Å²) in [5.74, 6) is -0.944. The highest BCUT2D eigenvalue weighted by Gasteiger charge is 2.72. The Morgan fingerprint density at radius 2 is 1.72 bits per heavy atom. The van der Waals surface area contributed by atoms with Gasteiger partial charge in [-0.3, -0.25) is 19.2 Å². The molecule has 1 aromatic carbocycles. The summed E-state index contributed by atoms with van der Waals surface area (Å²) in [7, 11) is 0. The number of carbonyl (C=O) groups is 4. The van der Waals surface area contributed by atoms with Crippen LogP contribution in [-0.4, -0.2) is 66.6 Å². The Morgan fingerprint density at radius 3 is 2.42 bits per heavy atom. The molecule has 4 atom stereocenters. The van der Waals surface area contributed by atoms with Crippen molar-refractivity contribution in [1.29, 1.82) is 0 Å². The Bertz CT molecular complexity index is 2130. The van der Waals surface area contributed by atoms with Crippen LogP contribution in [0.15, 0.2) is 42.9 Å². The molecular formula is C39H42F3N7O4. The molecule has 2 aliphatic heterocycles. The number of piperidine rings is 1. The summed E-state index contributed by atoms with van der Waals surface area (Å²) >= 11 is 0. The van der Waals surface area contributed by atoms with Crippen LogP contribution in [0.4, 0.5) is 19.0 Å². The van der Waals surface area contributed by atoms with Gasteiger partial charge in [0.25, 0.3) is 0 Å². The van der Waals surface area contributed by atoms with Crippen molar-refractivity contribution in [2.45, 2.75) is 97.4 Å². The Kier molecular flexibility index (Phi) is 9.35. The first-order valence-corrected chi connectivity index (χ1v) is 18.1. The van der Waals surface area contributed by atoms with E-state index in [1.807, 2.05) is 19.1 Å². The molecule has 0 radical (unpaired) electrons. The molecule has 1 aliphatic carbocycles. The van der Waals surface area contributed by atoms with E-state index in [2.05, 4.69) is 25.6 Å². The summed E-state index contributed by atoms with van der Waals surface area (Å²) in [4.78, 5) is 68.6. The van der Waals surface area contributed by atoms with E-state index in [-0.39, 0.29) is 54.9 Å². The Labute approximate surface area is 304 Å². The van der Waals surface area contributed by atoms with Gasteiger partial charge in [-0.2, -0.15) is 13.2 Å². The SMILES string of the molecule is CC(=O)c1cn2c3c(cc(-c4cnc(C)nc4)cc13)CCCCCCC(=O)NC[C@@]13C[C@@H](C(=O)Nc4nc(C(F)(F)F)ccc4C)N(C(=O)C2)C1C3C. The molecule has 0 spiro atoms. The third-order valence-corrected chi connectivity index (χ3v) is 11.4. The summed E-state index contributed by atoms with van der Waals surface area (Å²) in [6.45, 7) is 6.90. The zero-order chi connectivity index (χ0) is 37.8. The van der Waals surface area contributed by atoms with Crippen LogP contribution in [0.1, 0.15) is 85.4 Å². The highest BCUT2D eigenvalue weighted by Crippen LogP contribution is 2.64. The molecule has 1 saturated heterocycles. The van der Waals surface area contributed by atoms with Gasteiger partial charge >= 0.3 is 6.18 Å². The van der Waals surface area contributed by atoms with Crippen molar-refractivity contribution in [1.82, 2.24) is 29.7 Å². The molecule has 53 heavy (non-hydrogen) atoms. The van der Waals surface area contributed by atoms with Crippen molar-refractivity contribution in [2.24, 2.45) is 11.3 Å². The fourth-order valence-electron chi connectivity index (χ4n) is 8.41. The summed E-state index contributed by atoms with van der Waals surface area (Å²) < 4.78 is 42.4. The number of hydrogen-bond donors (Lipinski definition) is 2. The van der Waals surface area contributed by atoms with E-state index in [9.17, 15) is 32.3 Å². The molecule has 3 aliphatic rings. The first-order valence-electron chi connectivity index (χ1n) is 18.1. The molecule has 5 heterocycles. The minimum Gasteiger partial charge on any atom is -0.355 e. The molecule has 2 unspecified atom stereocenters. The predicted octanol–water partition coefficient (Wildman–Crippen LogP) is 6.20. The molecule has 11 nitrogen and oxygen atoms in total. The lowest BCUT2D eigenvalue weighted by atomic mass is 9.95. The largest absolute Gasteiger partial charge is 0.433 e. The Hall–Kier alpha value is -5.14. The third kappa shape index (κ3) is 6.79. The lowest BCUT2D eigenvalue weighted by Gasteiger charge is -2.28. The van der Waals surface area contributed by atoms with Crippen LogP contribution in [0.5, 0.6) is 0 Å². The molecule has 7 rings (SSSR count). The number of alkyl halides is 3. The average Bonchev–Trinajstić information content (AvgIpc) is 3.37. The van der Waals surface area contributed by atoms with Gasteiger partial charge in [0.05, 0.1) is 5.52 Å². The molecule has 14 heteroatoms. The second-order valence-electron chi connectivity index (χ2n) is 14.8. The number of benzene rings is 1.